The summed E-state index contributed by atoms with van der Waals surface area (Å²) in [4.78, 5) is 32.6. The number of hydrogen-bond acceptors (Lipinski definition) is 8. The van der Waals surface area contributed by atoms with Crippen LogP contribution < -0.4 is 5.46 Å². The van der Waals surface area contributed by atoms with Crippen LogP contribution in [-0.4, -0.2) is 58.3 Å². The SMILES string of the molecule is BrCc1cccc(Br)c1.Brc1cccc(Cn2cncn2)c1.C.C.O=C(c1ccccc1)c1cccc(-c2cccc(Cn3cncn3)c2)c1.O=C(c1ccccc1)c1cccc(B(O)O)c1. The molecule has 0 radical (unpaired) electrons. The maximum absolute atomic E-state index is 12.7. The molecule has 67 heavy (non-hydrogen) atoms. The van der Waals surface area contributed by atoms with Crippen molar-refractivity contribution in [2.24, 2.45) is 0 Å². The fourth-order valence-corrected chi connectivity index (χ4v) is 7.54. The Hall–Kier alpha value is -6.42. The van der Waals surface area contributed by atoms with E-state index in [9.17, 15) is 9.59 Å². The van der Waals surface area contributed by atoms with Gasteiger partial charge in [0.15, 0.2) is 11.6 Å². The van der Waals surface area contributed by atoms with E-state index in [0.717, 1.165) is 37.5 Å². The van der Waals surface area contributed by atoms with E-state index >= 15 is 0 Å². The lowest BCUT2D eigenvalue weighted by Gasteiger charge is -2.08. The van der Waals surface area contributed by atoms with Crippen LogP contribution in [0.25, 0.3) is 11.1 Å². The Balaban J connectivity index is 0.000000207. The van der Waals surface area contributed by atoms with Crippen LogP contribution in [0.15, 0.2) is 216 Å². The van der Waals surface area contributed by atoms with Crippen molar-refractivity contribution in [2.75, 3.05) is 0 Å². The maximum Gasteiger partial charge on any atom is 0.488 e. The summed E-state index contributed by atoms with van der Waals surface area (Å²) in [5.74, 6) is -0.0979. The number of carbonyl (C=O) groups excluding carboxylic acids is 2. The minimum atomic E-state index is -1.56. The predicted molar refractivity (Wildman–Crippen MR) is 281 cm³/mol. The van der Waals surface area contributed by atoms with E-state index in [1.54, 1.807) is 64.5 Å². The van der Waals surface area contributed by atoms with Gasteiger partial charge in [0.1, 0.15) is 25.3 Å². The molecular formula is C53H50BBr3N6O4. The second-order valence-corrected chi connectivity index (χ2v) is 16.6. The maximum atomic E-state index is 12.7. The highest BCUT2D eigenvalue weighted by atomic mass is 79.9. The third kappa shape index (κ3) is 17.1. The topological polar surface area (TPSA) is 136 Å². The van der Waals surface area contributed by atoms with E-state index in [4.69, 9.17) is 10.0 Å². The summed E-state index contributed by atoms with van der Waals surface area (Å²) in [6, 6.07) is 56.9. The van der Waals surface area contributed by atoms with Gasteiger partial charge in [-0.25, -0.2) is 19.3 Å². The molecule has 2 N–H and O–H groups in total. The Morgan fingerprint density at radius 3 is 1.36 bits per heavy atom. The molecule has 0 amide bonds. The van der Waals surface area contributed by atoms with E-state index < -0.39 is 7.12 Å². The monoisotopic (exact) mass is 1080 g/mol. The first kappa shape index (κ1) is 53.2. The highest BCUT2D eigenvalue weighted by Gasteiger charge is 2.15. The minimum Gasteiger partial charge on any atom is -0.423 e. The number of halogens is 3. The van der Waals surface area contributed by atoms with Crippen molar-refractivity contribution in [3.63, 3.8) is 0 Å². The lowest BCUT2D eigenvalue weighted by molar-refractivity contribution is 0.103. The molecular weight excluding hydrogens is 1040 g/mol. The first-order valence-electron chi connectivity index (χ1n) is 20.2. The third-order valence-electron chi connectivity index (χ3n) is 9.46. The molecule has 7 aromatic carbocycles. The van der Waals surface area contributed by atoms with Crippen molar-refractivity contribution < 1.29 is 19.6 Å². The van der Waals surface area contributed by atoms with E-state index in [1.807, 2.05) is 91.0 Å². The van der Waals surface area contributed by atoms with Crippen LogP contribution in [0.3, 0.4) is 0 Å². The summed E-state index contributed by atoms with van der Waals surface area (Å²) in [5.41, 5.74) is 8.46. The van der Waals surface area contributed by atoms with Gasteiger partial charge in [-0.05, 0) is 69.7 Å². The average molecular weight is 1090 g/mol. The summed E-state index contributed by atoms with van der Waals surface area (Å²) in [6.45, 7) is 1.43. The van der Waals surface area contributed by atoms with Gasteiger partial charge in [0, 0.05) is 36.5 Å². The summed E-state index contributed by atoms with van der Waals surface area (Å²) < 4.78 is 5.81. The van der Waals surface area contributed by atoms with Crippen molar-refractivity contribution in [2.45, 2.75) is 33.3 Å². The number of carbonyl (C=O) groups is 2. The number of nitrogens with zero attached hydrogens (tertiary/aromatic N) is 6. The largest absolute Gasteiger partial charge is 0.488 e. The molecule has 340 valence electrons. The van der Waals surface area contributed by atoms with Crippen molar-refractivity contribution in [3.05, 3.63) is 255 Å². The highest BCUT2D eigenvalue weighted by molar-refractivity contribution is 9.10. The first-order valence-corrected chi connectivity index (χ1v) is 22.9. The fourth-order valence-electron chi connectivity index (χ4n) is 6.30. The zero-order valence-corrected chi connectivity index (χ0v) is 39.6. The first-order chi connectivity index (χ1) is 31.6. The summed E-state index contributed by atoms with van der Waals surface area (Å²) in [6.07, 6.45) is 6.48. The van der Waals surface area contributed by atoms with Gasteiger partial charge >= 0.3 is 7.12 Å². The predicted octanol–water partition coefficient (Wildman–Crippen LogP) is 11.5. The molecule has 0 atom stereocenters. The smallest absolute Gasteiger partial charge is 0.423 e. The van der Waals surface area contributed by atoms with E-state index in [-0.39, 0.29) is 26.4 Å². The lowest BCUT2D eigenvalue weighted by atomic mass is 9.79. The summed E-state index contributed by atoms with van der Waals surface area (Å²) in [5, 5.41) is 27.2. The lowest BCUT2D eigenvalue weighted by Crippen LogP contribution is -2.30. The van der Waals surface area contributed by atoms with Gasteiger partial charge in [0.05, 0.1) is 13.1 Å². The van der Waals surface area contributed by atoms with Crippen LogP contribution in [0, 0.1) is 0 Å². The molecule has 0 aliphatic heterocycles. The van der Waals surface area contributed by atoms with Crippen molar-refractivity contribution in [1.82, 2.24) is 29.5 Å². The van der Waals surface area contributed by atoms with Crippen molar-refractivity contribution in [1.29, 1.82) is 0 Å². The summed E-state index contributed by atoms with van der Waals surface area (Å²) in [7, 11) is -1.56. The van der Waals surface area contributed by atoms with Gasteiger partial charge in [-0.15, -0.1) is 0 Å². The van der Waals surface area contributed by atoms with Gasteiger partial charge in [0.25, 0.3) is 0 Å². The zero-order valence-electron chi connectivity index (χ0n) is 34.9. The van der Waals surface area contributed by atoms with Crippen molar-refractivity contribution in [3.8, 4) is 11.1 Å². The molecule has 2 aromatic heterocycles. The average Bonchev–Trinajstić information content (AvgIpc) is 4.07. The zero-order chi connectivity index (χ0) is 45.8. The molecule has 0 unspecified atom stereocenters. The molecule has 0 aliphatic carbocycles. The van der Waals surface area contributed by atoms with Crippen LogP contribution in [0.5, 0.6) is 0 Å². The Morgan fingerprint density at radius 1 is 0.478 bits per heavy atom. The normalized spacial score (nSPS) is 9.93. The van der Waals surface area contributed by atoms with Gasteiger partial charge in [-0.2, -0.15) is 10.2 Å². The van der Waals surface area contributed by atoms with E-state index in [2.05, 4.69) is 110 Å². The number of ketones is 2. The molecule has 0 bridgehead atoms. The molecule has 2 heterocycles. The minimum absolute atomic E-state index is 0. The third-order valence-corrected chi connectivity index (χ3v) is 11.1. The second-order valence-electron chi connectivity index (χ2n) is 14.3. The van der Waals surface area contributed by atoms with Crippen LogP contribution in [0.1, 0.15) is 63.4 Å². The number of hydrogen-bond donors (Lipinski definition) is 2. The molecule has 9 aromatic rings. The molecule has 0 fully saturated rings. The van der Waals surface area contributed by atoms with Crippen LogP contribution in [-0.2, 0) is 18.4 Å². The quantitative estimate of drug-likeness (QED) is 0.0742. The van der Waals surface area contributed by atoms with Gasteiger partial charge in [0.2, 0.25) is 0 Å². The van der Waals surface area contributed by atoms with Gasteiger partial charge in [-0.1, -0.05) is 208 Å². The van der Waals surface area contributed by atoms with E-state index in [1.165, 1.54) is 29.8 Å². The van der Waals surface area contributed by atoms with Crippen LogP contribution in [0.2, 0.25) is 0 Å². The summed E-state index contributed by atoms with van der Waals surface area (Å²) >= 11 is 10.2. The van der Waals surface area contributed by atoms with Crippen LogP contribution in [0.4, 0.5) is 0 Å². The van der Waals surface area contributed by atoms with Gasteiger partial charge < -0.3 is 10.0 Å². The molecule has 0 saturated carbocycles. The molecule has 10 nitrogen and oxygen atoms in total. The number of alkyl halides is 1. The van der Waals surface area contributed by atoms with E-state index in [0.29, 0.717) is 34.3 Å². The fraction of sp³-hybridized carbons (Fsp3) is 0.0943. The molecule has 0 spiro atoms. The highest BCUT2D eigenvalue weighted by Crippen LogP contribution is 2.23. The Morgan fingerprint density at radius 2 is 0.896 bits per heavy atom. The van der Waals surface area contributed by atoms with Gasteiger partial charge in [-0.3, -0.25) is 9.59 Å². The number of rotatable bonds is 11. The Kier molecular flexibility index (Phi) is 22.2. The standard InChI is InChI=1S/C22H17N3O.C13H11BO3.C9H8BrN3.C7H6Br2.2CH4/c26-22(18-7-2-1-3-8-18)21-11-5-10-20(13-21)19-9-4-6-17(12-19)14-25-16-23-15-24-25;15-13(10-5-2-1-3-6-10)11-7-4-8-12(9-11)14(16)17;10-9-3-1-2-8(4-9)5-13-7-11-6-12-13;8-5-6-2-1-3-7(9)4-6;;/h1-13,15-16H,14H2;1-9,16-17H;1-4,6-7H,5H2;1-4H,5H2;2*1H4. The molecule has 14 heteroatoms. The van der Waals surface area contributed by atoms with Crippen molar-refractivity contribution >= 4 is 71.9 Å². The number of benzene rings is 7. The Labute approximate surface area is 418 Å². The number of aromatic nitrogens is 6. The molecule has 0 aliphatic rings. The Bertz CT molecular complexity index is 2870. The molecule has 0 saturated heterocycles. The van der Waals surface area contributed by atoms with Crippen LogP contribution >= 0.6 is 47.8 Å². The second kappa shape index (κ2) is 27.9. The molecule has 9 rings (SSSR count).